The molecule has 0 aliphatic rings. The summed E-state index contributed by atoms with van der Waals surface area (Å²) in [5, 5.41) is 7.78. The van der Waals surface area contributed by atoms with Crippen LogP contribution in [-0.4, -0.2) is 32.1 Å². The van der Waals surface area contributed by atoms with E-state index in [1.54, 1.807) is 7.11 Å². The van der Waals surface area contributed by atoms with Gasteiger partial charge in [0.2, 0.25) is 0 Å². The zero-order chi connectivity index (χ0) is 15.1. The Morgan fingerprint density at radius 1 is 1.40 bits per heavy atom. The van der Waals surface area contributed by atoms with Crippen molar-refractivity contribution >= 4 is 27.5 Å². The first-order valence-corrected chi connectivity index (χ1v) is 7.73. The van der Waals surface area contributed by atoms with E-state index in [2.05, 4.69) is 34.7 Å². The Labute approximate surface area is 129 Å². The first-order chi connectivity index (χ1) is 9.54. The van der Waals surface area contributed by atoms with E-state index >= 15 is 0 Å². The van der Waals surface area contributed by atoms with Crippen molar-refractivity contribution in [3.05, 3.63) is 28.2 Å². The van der Waals surface area contributed by atoms with E-state index in [4.69, 9.17) is 15.9 Å². The molecule has 0 saturated carbocycles. The molecule has 0 amide bonds. The molecule has 20 heavy (non-hydrogen) atoms. The molecule has 0 fully saturated rings. The Hall–Kier alpha value is -1.07. The summed E-state index contributed by atoms with van der Waals surface area (Å²) in [5.74, 6) is 0.0980. The molecular weight excluding hydrogens is 318 g/mol. The highest BCUT2D eigenvalue weighted by Crippen LogP contribution is 2.28. The molecule has 4 nitrogen and oxygen atoms in total. The third-order valence-corrected chi connectivity index (χ3v) is 3.97. The van der Waals surface area contributed by atoms with E-state index < -0.39 is 0 Å². The largest absolute Gasteiger partial charge is 0.384 e. The second kappa shape index (κ2) is 8.27. The van der Waals surface area contributed by atoms with Crippen LogP contribution in [0.4, 0.5) is 5.69 Å². The number of hydrogen-bond acceptors (Lipinski definition) is 3. The molecular formula is C15H24BrN3O. The van der Waals surface area contributed by atoms with Gasteiger partial charge in [0, 0.05) is 35.4 Å². The van der Waals surface area contributed by atoms with Gasteiger partial charge < -0.3 is 15.4 Å². The minimum absolute atomic E-state index is 0.0980. The number of amidine groups is 1. The monoisotopic (exact) mass is 341 g/mol. The van der Waals surface area contributed by atoms with Gasteiger partial charge in [0.05, 0.1) is 6.61 Å². The van der Waals surface area contributed by atoms with Crippen LogP contribution in [-0.2, 0) is 4.74 Å². The van der Waals surface area contributed by atoms with Crippen molar-refractivity contribution in [3.63, 3.8) is 0 Å². The average molecular weight is 342 g/mol. The second-order valence-corrected chi connectivity index (χ2v) is 5.65. The lowest BCUT2D eigenvalue weighted by Crippen LogP contribution is -2.38. The van der Waals surface area contributed by atoms with Gasteiger partial charge in [0.15, 0.2) is 0 Å². The Kier molecular flexibility index (Phi) is 7.02. The minimum atomic E-state index is 0.0980. The van der Waals surface area contributed by atoms with Gasteiger partial charge in [-0.2, -0.15) is 0 Å². The van der Waals surface area contributed by atoms with Crippen molar-refractivity contribution in [2.24, 2.45) is 5.73 Å². The van der Waals surface area contributed by atoms with Crippen LogP contribution < -0.4 is 10.6 Å². The molecule has 0 spiro atoms. The second-order valence-electron chi connectivity index (χ2n) is 4.73. The van der Waals surface area contributed by atoms with Gasteiger partial charge in [-0.05, 0) is 31.0 Å². The van der Waals surface area contributed by atoms with Gasteiger partial charge in [-0.3, -0.25) is 5.41 Å². The number of ether oxygens (including phenoxy) is 1. The summed E-state index contributed by atoms with van der Waals surface area (Å²) in [4.78, 5) is 2.30. The number of nitrogens with one attached hydrogen (secondary N) is 1. The van der Waals surface area contributed by atoms with E-state index in [1.807, 2.05) is 18.2 Å². The summed E-state index contributed by atoms with van der Waals surface area (Å²) in [6.45, 7) is 5.80. The summed E-state index contributed by atoms with van der Waals surface area (Å²) in [6.07, 6.45) is 2.09. The number of halogens is 1. The molecule has 1 aromatic carbocycles. The maximum Gasteiger partial charge on any atom is 0.124 e. The van der Waals surface area contributed by atoms with E-state index in [-0.39, 0.29) is 5.84 Å². The lowest BCUT2D eigenvalue weighted by Gasteiger charge is -2.34. The molecule has 0 heterocycles. The van der Waals surface area contributed by atoms with Crippen molar-refractivity contribution in [1.29, 1.82) is 5.41 Å². The van der Waals surface area contributed by atoms with Gasteiger partial charge in [-0.15, -0.1) is 0 Å². The smallest absolute Gasteiger partial charge is 0.124 e. The lowest BCUT2D eigenvalue weighted by atomic mass is 10.1. The highest BCUT2D eigenvalue weighted by Gasteiger charge is 2.19. The van der Waals surface area contributed by atoms with Crippen molar-refractivity contribution in [2.45, 2.75) is 32.7 Å². The fourth-order valence-electron chi connectivity index (χ4n) is 2.39. The highest BCUT2D eigenvalue weighted by molar-refractivity contribution is 9.10. The van der Waals surface area contributed by atoms with Crippen LogP contribution in [0.5, 0.6) is 0 Å². The van der Waals surface area contributed by atoms with Crippen LogP contribution in [0.1, 0.15) is 32.3 Å². The zero-order valence-corrected chi connectivity index (χ0v) is 14.0. The van der Waals surface area contributed by atoms with Gasteiger partial charge in [0.1, 0.15) is 5.84 Å². The number of nitrogen functional groups attached to an aromatic ring is 1. The molecule has 5 heteroatoms. The zero-order valence-electron chi connectivity index (χ0n) is 12.4. The number of benzene rings is 1. The standard InChI is InChI=1S/C15H24BrN3O/c1-4-12(5-2)19(8-9-20-3)14-10-11(16)6-7-13(14)15(17)18/h6-7,10,12H,4-5,8-9H2,1-3H3,(H3,17,18). The normalized spacial score (nSPS) is 10.8. The maximum atomic E-state index is 7.78. The van der Waals surface area contributed by atoms with Crippen LogP contribution in [0.3, 0.4) is 0 Å². The summed E-state index contributed by atoms with van der Waals surface area (Å²) >= 11 is 3.51. The first kappa shape index (κ1) is 17.0. The van der Waals surface area contributed by atoms with Crippen molar-refractivity contribution in [1.82, 2.24) is 0 Å². The fourth-order valence-corrected chi connectivity index (χ4v) is 2.74. The molecule has 0 aliphatic heterocycles. The minimum Gasteiger partial charge on any atom is -0.384 e. The number of rotatable bonds is 8. The van der Waals surface area contributed by atoms with Crippen LogP contribution >= 0.6 is 15.9 Å². The quantitative estimate of drug-likeness (QED) is 0.562. The molecule has 112 valence electrons. The molecule has 0 saturated heterocycles. The van der Waals surface area contributed by atoms with Crippen molar-refractivity contribution in [2.75, 3.05) is 25.2 Å². The maximum absolute atomic E-state index is 7.78. The summed E-state index contributed by atoms with van der Waals surface area (Å²) in [7, 11) is 1.71. The van der Waals surface area contributed by atoms with Crippen LogP contribution in [0.15, 0.2) is 22.7 Å². The summed E-state index contributed by atoms with van der Waals surface area (Å²) < 4.78 is 6.22. The Morgan fingerprint density at radius 3 is 2.55 bits per heavy atom. The van der Waals surface area contributed by atoms with Crippen LogP contribution in [0, 0.1) is 5.41 Å². The average Bonchev–Trinajstić information content (AvgIpc) is 2.43. The van der Waals surface area contributed by atoms with Gasteiger partial charge >= 0.3 is 0 Å². The SMILES string of the molecule is CCC(CC)N(CCOC)c1cc(Br)ccc1C(=N)N. The van der Waals surface area contributed by atoms with Crippen molar-refractivity contribution < 1.29 is 4.74 Å². The molecule has 1 aromatic rings. The third-order valence-electron chi connectivity index (χ3n) is 3.48. The number of methoxy groups -OCH3 is 1. The van der Waals surface area contributed by atoms with E-state index in [0.717, 1.165) is 35.1 Å². The fraction of sp³-hybridized carbons (Fsp3) is 0.533. The molecule has 0 radical (unpaired) electrons. The topological polar surface area (TPSA) is 62.3 Å². The molecule has 0 aromatic heterocycles. The third kappa shape index (κ3) is 4.21. The van der Waals surface area contributed by atoms with E-state index in [9.17, 15) is 0 Å². The molecule has 0 aliphatic carbocycles. The predicted molar refractivity (Wildman–Crippen MR) is 88.8 cm³/mol. The Balaban J connectivity index is 3.23. The molecule has 3 N–H and O–H groups in total. The number of hydrogen-bond donors (Lipinski definition) is 2. The Bertz CT molecular complexity index is 447. The number of anilines is 1. The molecule has 0 atom stereocenters. The highest BCUT2D eigenvalue weighted by atomic mass is 79.9. The Morgan fingerprint density at radius 2 is 2.05 bits per heavy atom. The molecule has 0 bridgehead atoms. The molecule has 1 rings (SSSR count). The first-order valence-electron chi connectivity index (χ1n) is 6.94. The van der Waals surface area contributed by atoms with Gasteiger partial charge in [-0.1, -0.05) is 29.8 Å². The van der Waals surface area contributed by atoms with Crippen LogP contribution in [0.2, 0.25) is 0 Å². The van der Waals surface area contributed by atoms with Crippen LogP contribution in [0.25, 0.3) is 0 Å². The van der Waals surface area contributed by atoms with Gasteiger partial charge in [0.25, 0.3) is 0 Å². The lowest BCUT2D eigenvalue weighted by molar-refractivity contribution is 0.202. The van der Waals surface area contributed by atoms with E-state index in [1.165, 1.54) is 0 Å². The number of nitrogens with zero attached hydrogens (tertiary/aromatic N) is 1. The summed E-state index contributed by atoms with van der Waals surface area (Å²) in [6, 6.07) is 6.26. The van der Waals surface area contributed by atoms with Gasteiger partial charge in [-0.25, -0.2) is 0 Å². The number of nitrogens with two attached hydrogens (primary N) is 1. The molecule has 0 unspecified atom stereocenters. The van der Waals surface area contributed by atoms with E-state index in [0.29, 0.717) is 12.6 Å². The predicted octanol–water partition coefficient (Wildman–Crippen LogP) is 3.37. The van der Waals surface area contributed by atoms with Crippen molar-refractivity contribution in [3.8, 4) is 0 Å². The summed E-state index contributed by atoms with van der Waals surface area (Å²) in [5.41, 5.74) is 7.50.